The Labute approximate surface area is 186 Å². The Bertz CT molecular complexity index is 1110. The van der Waals surface area contributed by atoms with Crippen LogP contribution in [0.3, 0.4) is 0 Å². The molecule has 0 aliphatic carbocycles. The molecule has 5 rings (SSSR count). The molecule has 0 spiro atoms. The van der Waals surface area contributed by atoms with E-state index in [0.29, 0.717) is 34.4 Å². The molecular formula is C25H26N2O5. The lowest BCUT2D eigenvalue weighted by atomic mass is 9.90. The van der Waals surface area contributed by atoms with Crippen molar-refractivity contribution in [3.8, 4) is 28.6 Å². The number of carbonyl (C=O) groups is 1. The van der Waals surface area contributed by atoms with Gasteiger partial charge in [-0.25, -0.2) is 0 Å². The lowest BCUT2D eigenvalue weighted by Crippen LogP contribution is -2.39. The number of fused-ring (bicyclic) bond motifs is 1. The van der Waals surface area contributed by atoms with Crippen molar-refractivity contribution in [2.45, 2.75) is 26.2 Å². The van der Waals surface area contributed by atoms with E-state index in [-0.39, 0.29) is 12.7 Å². The maximum absolute atomic E-state index is 13.4. The van der Waals surface area contributed by atoms with E-state index in [1.807, 2.05) is 42.2 Å². The highest BCUT2D eigenvalue weighted by molar-refractivity contribution is 6.00. The molecule has 1 fully saturated rings. The van der Waals surface area contributed by atoms with Crippen molar-refractivity contribution in [2.75, 3.05) is 27.0 Å². The fraction of sp³-hybridized carbons (Fsp3) is 0.360. The highest BCUT2D eigenvalue weighted by Crippen LogP contribution is 2.38. The first-order valence-electron chi connectivity index (χ1n) is 10.9. The smallest absolute Gasteiger partial charge is 0.259 e. The third kappa shape index (κ3) is 3.90. The quantitative estimate of drug-likeness (QED) is 0.589. The summed E-state index contributed by atoms with van der Waals surface area (Å²) < 4.78 is 21.7. The fourth-order valence-electron chi connectivity index (χ4n) is 4.45. The second-order valence-electron chi connectivity index (χ2n) is 8.33. The normalized spacial score (nSPS) is 15.8. The zero-order chi connectivity index (χ0) is 22.1. The van der Waals surface area contributed by atoms with Crippen molar-refractivity contribution in [1.29, 1.82) is 0 Å². The van der Waals surface area contributed by atoms with Gasteiger partial charge in [0.2, 0.25) is 6.79 Å². The molecule has 2 aromatic carbocycles. The molecule has 1 saturated heterocycles. The van der Waals surface area contributed by atoms with Crippen LogP contribution in [0.25, 0.3) is 11.3 Å². The summed E-state index contributed by atoms with van der Waals surface area (Å²) in [5, 5.41) is 4.08. The number of rotatable bonds is 5. The van der Waals surface area contributed by atoms with Gasteiger partial charge in [0.15, 0.2) is 17.3 Å². The van der Waals surface area contributed by atoms with E-state index < -0.39 is 0 Å². The molecule has 2 aliphatic rings. The van der Waals surface area contributed by atoms with Gasteiger partial charge in [-0.05, 0) is 68.0 Å². The molecule has 7 heteroatoms. The Kier molecular flexibility index (Phi) is 5.47. The minimum atomic E-state index is -0.0284. The summed E-state index contributed by atoms with van der Waals surface area (Å²) in [6.07, 6.45) is 2.96. The number of piperidine rings is 1. The summed E-state index contributed by atoms with van der Waals surface area (Å²) in [6.45, 7) is 3.46. The molecule has 166 valence electrons. The van der Waals surface area contributed by atoms with Gasteiger partial charge in [-0.3, -0.25) is 4.79 Å². The van der Waals surface area contributed by atoms with E-state index in [1.54, 1.807) is 7.11 Å². The lowest BCUT2D eigenvalue weighted by Gasteiger charge is -2.32. The molecule has 3 aromatic rings. The van der Waals surface area contributed by atoms with Crippen LogP contribution in [0.4, 0.5) is 0 Å². The molecule has 2 aliphatic heterocycles. The monoisotopic (exact) mass is 434 g/mol. The van der Waals surface area contributed by atoms with Gasteiger partial charge in [-0.1, -0.05) is 17.3 Å². The summed E-state index contributed by atoms with van der Waals surface area (Å²) in [4.78, 5) is 15.3. The molecule has 32 heavy (non-hydrogen) atoms. The predicted molar refractivity (Wildman–Crippen MR) is 118 cm³/mol. The third-order valence-corrected chi connectivity index (χ3v) is 6.30. The number of nitrogens with zero attached hydrogens (tertiary/aromatic N) is 2. The topological polar surface area (TPSA) is 74.0 Å². The lowest BCUT2D eigenvalue weighted by molar-refractivity contribution is 0.0690. The van der Waals surface area contributed by atoms with Crippen LogP contribution in [0.2, 0.25) is 0 Å². The fourth-order valence-corrected chi connectivity index (χ4v) is 4.45. The van der Waals surface area contributed by atoms with Crippen LogP contribution in [-0.4, -0.2) is 43.0 Å². The molecule has 3 heterocycles. The first kappa shape index (κ1) is 20.4. The number of amides is 1. The molecule has 0 bridgehead atoms. The number of aromatic nitrogens is 1. The second-order valence-corrected chi connectivity index (χ2v) is 8.33. The van der Waals surface area contributed by atoms with Gasteiger partial charge in [0.25, 0.3) is 5.91 Å². The largest absolute Gasteiger partial charge is 0.497 e. The van der Waals surface area contributed by atoms with Gasteiger partial charge >= 0.3 is 0 Å². The summed E-state index contributed by atoms with van der Waals surface area (Å²) >= 11 is 0. The SMILES string of the molecule is COc1ccc(CC2CCN(C(=O)c3c(C)noc3-c3ccc4c(c3)OCO4)CC2)cc1. The minimum absolute atomic E-state index is 0.0284. The zero-order valence-electron chi connectivity index (χ0n) is 18.3. The van der Waals surface area contributed by atoms with Crippen molar-refractivity contribution >= 4 is 5.91 Å². The van der Waals surface area contributed by atoms with Crippen molar-refractivity contribution in [3.05, 3.63) is 59.3 Å². The highest BCUT2D eigenvalue weighted by atomic mass is 16.7. The van der Waals surface area contributed by atoms with Gasteiger partial charge in [0.05, 0.1) is 12.8 Å². The maximum atomic E-state index is 13.4. The van der Waals surface area contributed by atoms with Gasteiger partial charge in [-0.2, -0.15) is 0 Å². The third-order valence-electron chi connectivity index (χ3n) is 6.30. The van der Waals surface area contributed by atoms with Crippen molar-refractivity contribution in [2.24, 2.45) is 5.92 Å². The predicted octanol–water partition coefficient (Wildman–Crippen LogP) is 4.48. The Hall–Kier alpha value is -3.48. The van der Waals surface area contributed by atoms with Crippen LogP contribution in [0.1, 0.15) is 34.5 Å². The van der Waals surface area contributed by atoms with Crippen molar-refractivity contribution in [3.63, 3.8) is 0 Å². The Morgan fingerprint density at radius 1 is 1.09 bits per heavy atom. The van der Waals surface area contributed by atoms with E-state index in [4.69, 9.17) is 18.7 Å². The van der Waals surface area contributed by atoms with E-state index >= 15 is 0 Å². The molecule has 0 N–H and O–H groups in total. The van der Waals surface area contributed by atoms with E-state index in [9.17, 15) is 4.79 Å². The van der Waals surface area contributed by atoms with Gasteiger partial charge < -0.3 is 23.6 Å². The summed E-state index contributed by atoms with van der Waals surface area (Å²) in [7, 11) is 1.68. The summed E-state index contributed by atoms with van der Waals surface area (Å²) in [5.74, 6) is 3.22. The van der Waals surface area contributed by atoms with Crippen LogP contribution >= 0.6 is 0 Å². The Morgan fingerprint density at radius 3 is 2.59 bits per heavy atom. The van der Waals surface area contributed by atoms with Gasteiger partial charge in [0, 0.05) is 18.7 Å². The standard InChI is InChI=1S/C25H26N2O5/c1-16-23(24(32-26-16)19-5-8-21-22(14-19)31-15-30-21)25(28)27-11-9-18(10-12-27)13-17-3-6-20(29-2)7-4-17/h3-8,14,18H,9-13,15H2,1-2H3. The molecular weight excluding hydrogens is 408 g/mol. The first-order chi connectivity index (χ1) is 15.6. The molecule has 0 unspecified atom stereocenters. The number of hydrogen-bond donors (Lipinski definition) is 0. The number of ether oxygens (including phenoxy) is 3. The molecule has 0 atom stereocenters. The van der Waals surface area contributed by atoms with Crippen LogP contribution in [-0.2, 0) is 6.42 Å². The molecule has 1 amide bonds. The van der Waals surface area contributed by atoms with E-state index in [1.165, 1.54) is 5.56 Å². The summed E-state index contributed by atoms with van der Waals surface area (Å²) in [6, 6.07) is 13.8. The highest BCUT2D eigenvalue weighted by Gasteiger charge is 2.30. The number of benzene rings is 2. The number of likely N-dealkylation sites (tertiary alicyclic amines) is 1. The van der Waals surface area contributed by atoms with Crippen LogP contribution < -0.4 is 14.2 Å². The van der Waals surface area contributed by atoms with Crippen molar-refractivity contribution in [1.82, 2.24) is 10.1 Å². The second kappa shape index (κ2) is 8.57. The van der Waals surface area contributed by atoms with Crippen LogP contribution in [0, 0.1) is 12.8 Å². The summed E-state index contributed by atoms with van der Waals surface area (Å²) in [5.41, 5.74) is 3.18. The average molecular weight is 434 g/mol. The zero-order valence-corrected chi connectivity index (χ0v) is 18.3. The van der Waals surface area contributed by atoms with E-state index in [0.717, 1.165) is 43.7 Å². The number of methoxy groups -OCH3 is 1. The Balaban J connectivity index is 1.27. The van der Waals surface area contributed by atoms with Crippen LogP contribution in [0.15, 0.2) is 47.0 Å². The Morgan fingerprint density at radius 2 is 1.84 bits per heavy atom. The minimum Gasteiger partial charge on any atom is -0.497 e. The molecule has 1 aromatic heterocycles. The average Bonchev–Trinajstić information content (AvgIpc) is 3.45. The molecule has 0 radical (unpaired) electrons. The van der Waals surface area contributed by atoms with Gasteiger partial charge in [0.1, 0.15) is 11.3 Å². The van der Waals surface area contributed by atoms with Gasteiger partial charge in [-0.15, -0.1) is 0 Å². The molecule has 7 nitrogen and oxygen atoms in total. The van der Waals surface area contributed by atoms with E-state index in [2.05, 4.69) is 17.3 Å². The number of aryl methyl sites for hydroxylation is 1. The molecule has 0 saturated carbocycles. The first-order valence-corrected chi connectivity index (χ1v) is 10.9. The van der Waals surface area contributed by atoms with Crippen molar-refractivity contribution < 1.29 is 23.5 Å². The maximum Gasteiger partial charge on any atom is 0.259 e. The van der Waals surface area contributed by atoms with Crippen LogP contribution in [0.5, 0.6) is 17.2 Å². The number of carbonyl (C=O) groups excluding carboxylic acids is 1. The number of hydrogen-bond acceptors (Lipinski definition) is 6.